The number of benzene rings is 1. The lowest BCUT2D eigenvalue weighted by molar-refractivity contribution is 0.0988. The molecule has 9 nitrogen and oxygen atoms in total. The van der Waals surface area contributed by atoms with Crippen molar-refractivity contribution < 1.29 is 4.79 Å². The van der Waals surface area contributed by atoms with Crippen molar-refractivity contribution in [3.05, 3.63) is 72.4 Å². The Morgan fingerprint density at radius 1 is 1.03 bits per heavy atom. The Bertz CT molecular complexity index is 1330. The first kappa shape index (κ1) is 20.6. The molecule has 1 aromatic carbocycles. The Hall–Kier alpha value is -4.29. The SMILES string of the molecule is CN(C(=O)c1cn2c(-c3ccc(N4CCNCC4)nc3)cnc2cn1)c1ccc(C#N)cc1. The van der Waals surface area contributed by atoms with Gasteiger partial charge in [0.25, 0.3) is 5.91 Å². The number of carbonyl (C=O) groups excluding carboxylic acids is 1. The van der Waals surface area contributed by atoms with Crippen LogP contribution in [-0.2, 0) is 0 Å². The van der Waals surface area contributed by atoms with E-state index in [4.69, 9.17) is 5.26 Å². The molecule has 9 heteroatoms. The van der Waals surface area contributed by atoms with Gasteiger partial charge in [0.15, 0.2) is 5.65 Å². The number of fused-ring (bicyclic) bond motifs is 1. The Morgan fingerprint density at radius 2 is 1.82 bits per heavy atom. The Labute approximate surface area is 190 Å². The van der Waals surface area contributed by atoms with Gasteiger partial charge in [-0.2, -0.15) is 5.26 Å². The fraction of sp³-hybridized carbons (Fsp3) is 0.208. The lowest BCUT2D eigenvalue weighted by Gasteiger charge is -2.28. The first-order valence-electron chi connectivity index (χ1n) is 10.7. The first-order chi connectivity index (χ1) is 16.1. The van der Waals surface area contributed by atoms with Crippen LogP contribution in [0.5, 0.6) is 0 Å². The maximum Gasteiger partial charge on any atom is 0.278 e. The van der Waals surface area contributed by atoms with Crippen molar-refractivity contribution >= 4 is 23.1 Å². The van der Waals surface area contributed by atoms with Crippen LogP contribution in [0.3, 0.4) is 0 Å². The van der Waals surface area contributed by atoms with E-state index in [2.05, 4.69) is 31.2 Å². The second-order valence-corrected chi connectivity index (χ2v) is 7.81. The highest BCUT2D eigenvalue weighted by molar-refractivity contribution is 6.04. The van der Waals surface area contributed by atoms with Crippen LogP contribution in [0, 0.1) is 11.3 Å². The molecule has 4 heterocycles. The zero-order valence-corrected chi connectivity index (χ0v) is 18.1. The van der Waals surface area contributed by atoms with E-state index >= 15 is 0 Å². The summed E-state index contributed by atoms with van der Waals surface area (Å²) in [6.07, 6.45) is 6.89. The summed E-state index contributed by atoms with van der Waals surface area (Å²) in [5.41, 5.74) is 3.90. The molecule has 4 aromatic rings. The number of pyridine rings is 1. The molecule has 164 valence electrons. The molecule has 0 bridgehead atoms. The van der Waals surface area contributed by atoms with Crippen molar-refractivity contribution in [3.63, 3.8) is 0 Å². The van der Waals surface area contributed by atoms with Crippen molar-refractivity contribution in [1.82, 2.24) is 24.7 Å². The predicted molar refractivity (Wildman–Crippen MR) is 125 cm³/mol. The maximum atomic E-state index is 13.1. The molecule has 0 radical (unpaired) electrons. The molecule has 0 aliphatic carbocycles. The van der Waals surface area contributed by atoms with Crippen LogP contribution in [0.4, 0.5) is 11.5 Å². The topological polar surface area (TPSA) is 102 Å². The molecule has 0 atom stereocenters. The number of hydrogen-bond donors (Lipinski definition) is 1. The fourth-order valence-corrected chi connectivity index (χ4v) is 3.88. The van der Waals surface area contributed by atoms with Gasteiger partial charge in [0.05, 0.1) is 29.7 Å². The minimum Gasteiger partial charge on any atom is -0.354 e. The van der Waals surface area contributed by atoms with E-state index in [1.807, 2.05) is 22.7 Å². The van der Waals surface area contributed by atoms with Gasteiger partial charge in [0, 0.05) is 56.9 Å². The summed E-state index contributed by atoms with van der Waals surface area (Å²) in [6, 6.07) is 13.0. The Morgan fingerprint density at radius 3 is 2.52 bits per heavy atom. The average molecular weight is 438 g/mol. The third-order valence-electron chi connectivity index (χ3n) is 5.79. The number of nitriles is 1. The highest BCUT2D eigenvalue weighted by Crippen LogP contribution is 2.23. The van der Waals surface area contributed by atoms with Gasteiger partial charge >= 0.3 is 0 Å². The molecule has 1 aliphatic rings. The van der Waals surface area contributed by atoms with E-state index in [9.17, 15) is 4.79 Å². The second-order valence-electron chi connectivity index (χ2n) is 7.81. The summed E-state index contributed by atoms with van der Waals surface area (Å²) in [5.74, 6) is 0.698. The zero-order chi connectivity index (χ0) is 22.8. The molecule has 3 aromatic heterocycles. The van der Waals surface area contributed by atoms with Gasteiger partial charge in [-0.05, 0) is 36.4 Å². The van der Waals surface area contributed by atoms with Gasteiger partial charge in [0.2, 0.25) is 0 Å². The zero-order valence-electron chi connectivity index (χ0n) is 18.1. The number of anilines is 2. The predicted octanol–water partition coefficient (Wildman–Crippen LogP) is 2.35. The number of hydrogen-bond acceptors (Lipinski definition) is 7. The van der Waals surface area contributed by atoms with Gasteiger partial charge in [0.1, 0.15) is 11.5 Å². The van der Waals surface area contributed by atoms with Crippen molar-refractivity contribution in [2.45, 2.75) is 0 Å². The van der Waals surface area contributed by atoms with E-state index in [-0.39, 0.29) is 5.91 Å². The summed E-state index contributed by atoms with van der Waals surface area (Å²) in [6.45, 7) is 3.78. The Balaban J connectivity index is 1.42. The summed E-state index contributed by atoms with van der Waals surface area (Å²) in [7, 11) is 1.68. The molecule has 0 saturated carbocycles. The molecule has 1 saturated heterocycles. The highest BCUT2D eigenvalue weighted by Gasteiger charge is 2.18. The lowest BCUT2D eigenvalue weighted by Crippen LogP contribution is -2.43. The summed E-state index contributed by atoms with van der Waals surface area (Å²) in [5, 5.41) is 12.3. The first-order valence-corrected chi connectivity index (χ1v) is 10.7. The van der Waals surface area contributed by atoms with Crippen LogP contribution in [0.1, 0.15) is 16.1 Å². The molecule has 33 heavy (non-hydrogen) atoms. The Kier molecular flexibility index (Phi) is 5.42. The van der Waals surface area contributed by atoms with Gasteiger partial charge in [-0.3, -0.25) is 9.20 Å². The van der Waals surface area contributed by atoms with Gasteiger partial charge in [-0.1, -0.05) is 0 Å². The van der Waals surface area contributed by atoms with Crippen molar-refractivity contribution in [2.24, 2.45) is 0 Å². The maximum absolute atomic E-state index is 13.1. The van der Waals surface area contributed by atoms with E-state index in [1.165, 1.54) is 4.90 Å². The van der Waals surface area contributed by atoms with Crippen molar-refractivity contribution in [3.8, 4) is 17.3 Å². The molecular formula is C24H22N8O. The minimum absolute atomic E-state index is 0.256. The van der Waals surface area contributed by atoms with Gasteiger partial charge < -0.3 is 15.1 Å². The number of aromatic nitrogens is 4. The van der Waals surface area contributed by atoms with E-state index in [0.717, 1.165) is 43.3 Å². The highest BCUT2D eigenvalue weighted by atomic mass is 16.2. The quantitative estimate of drug-likeness (QED) is 0.522. The van der Waals surface area contributed by atoms with Crippen LogP contribution in [-0.4, -0.2) is 58.5 Å². The second kappa shape index (κ2) is 8.68. The number of nitrogens with one attached hydrogen (secondary N) is 1. The minimum atomic E-state index is -0.256. The molecular weight excluding hydrogens is 416 g/mol. The number of carbonyl (C=O) groups is 1. The van der Waals surface area contributed by atoms with Crippen molar-refractivity contribution in [1.29, 1.82) is 5.26 Å². The van der Waals surface area contributed by atoms with Crippen LogP contribution < -0.4 is 15.1 Å². The fourth-order valence-electron chi connectivity index (χ4n) is 3.88. The lowest BCUT2D eigenvalue weighted by atomic mass is 10.2. The summed E-state index contributed by atoms with van der Waals surface area (Å²) < 4.78 is 1.86. The van der Waals surface area contributed by atoms with Crippen LogP contribution in [0.15, 0.2) is 61.2 Å². The molecule has 0 spiro atoms. The molecule has 5 rings (SSSR count). The number of amides is 1. The molecule has 1 aliphatic heterocycles. The summed E-state index contributed by atoms with van der Waals surface area (Å²) in [4.78, 5) is 30.2. The van der Waals surface area contributed by atoms with Gasteiger partial charge in [-0.25, -0.2) is 15.0 Å². The van der Waals surface area contributed by atoms with Gasteiger partial charge in [-0.15, -0.1) is 0 Å². The number of imidazole rings is 1. The molecule has 1 amide bonds. The van der Waals surface area contributed by atoms with Crippen LogP contribution in [0.25, 0.3) is 16.9 Å². The normalized spacial score (nSPS) is 13.6. The van der Waals surface area contributed by atoms with Crippen LogP contribution >= 0.6 is 0 Å². The summed E-state index contributed by atoms with van der Waals surface area (Å²) >= 11 is 0. The molecule has 1 fully saturated rings. The third kappa shape index (κ3) is 4.00. The monoisotopic (exact) mass is 438 g/mol. The third-order valence-corrected chi connectivity index (χ3v) is 5.79. The molecule has 1 N–H and O–H groups in total. The van der Waals surface area contributed by atoms with E-state index in [1.54, 1.807) is 49.9 Å². The largest absolute Gasteiger partial charge is 0.354 e. The standard InChI is InChI=1S/C24H22N8O/c1-30(19-5-2-17(12-25)3-6-19)24(33)20-16-32-21(14-29-23(32)15-27-20)18-4-7-22(28-13-18)31-10-8-26-9-11-31/h2-7,13-16,26H,8-11H2,1H3. The smallest absolute Gasteiger partial charge is 0.278 e. The van der Waals surface area contributed by atoms with E-state index < -0.39 is 0 Å². The number of rotatable bonds is 4. The number of nitrogens with zero attached hydrogens (tertiary/aromatic N) is 7. The van der Waals surface area contributed by atoms with E-state index in [0.29, 0.717) is 22.6 Å². The number of piperazine rings is 1. The van der Waals surface area contributed by atoms with Crippen molar-refractivity contribution in [2.75, 3.05) is 43.0 Å². The van der Waals surface area contributed by atoms with Crippen LogP contribution in [0.2, 0.25) is 0 Å². The average Bonchev–Trinajstić information content (AvgIpc) is 3.32. The molecule has 0 unspecified atom stereocenters.